The van der Waals surface area contributed by atoms with Crippen molar-refractivity contribution in [1.82, 2.24) is 4.98 Å². The van der Waals surface area contributed by atoms with Gasteiger partial charge in [0.25, 0.3) is 0 Å². The maximum atomic E-state index is 4.86. The standard InChI is InChI=1S/C22H19NS/c1-14-7-6-8-17(11-14)18-12-15(2)13-19(16(18)3)22-23-20-9-4-5-10-21(20)24-22/h4-13H,1-3H3. The molecule has 0 bridgehead atoms. The Morgan fingerprint density at radius 2 is 1.54 bits per heavy atom. The van der Waals surface area contributed by atoms with E-state index in [-0.39, 0.29) is 0 Å². The minimum absolute atomic E-state index is 1.08. The number of hydrogen-bond acceptors (Lipinski definition) is 2. The van der Waals surface area contributed by atoms with Crippen LogP contribution in [0.1, 0.15) is 16.7 Å². The Kier molecular flexibility index (Phi) is 3.70. The third-order valence-corrected chi connectivity index (χ3v) is 5.48. The second kappa shape index (κ2) is 5.88. The van der Waals surface area contributed by atoms with Gasteiger partial charge in [-0.05, 0) is 61.2 Å². The van der Waals surface area contributed by atoms with E-state index in [4.69, 9.17) is 4.98 Å². The lowest BCUT2D eigenvalue weighted by molar-refractivity contribution is 1.36. The predicted octanol–water partition coefficient (Wildman–Crippen LogP) is 6.56. The van der Waals surface area contributed by atoms with E-state index in [9.17, 15) is 0 Å². The highest BCUT2D eigenvalue weighted by Gasteiger charge is 2.13. The zero-order chi connectivity index (χ0) is 16.7. The van der Waals surface area contributed by atoms with Gasteiger partial charge in [-0.25, -0.2) is 4.98 Å². The van der Waals surface area contributed by atoms with Gasteiger partial charge in [0.05, 0.1) is 10.2 Å². The van der Waals surface area contributed by atoms with Crippen LogP contribution in [0.25, 0.3) is 31.9 Å². The van der Waals surface area contributed by atoms with Gasteiger partial charge in [0.1, 0.15) is 5.01 Å². The van der Waals surface area contributed by atoms with Gasteiger partial charge >= 0.3 is 0 Å². The summed E-state index contributed by atoms with van der Waals surface area (Å²) in [5, 5.41) is 1.10. The largest absolute Gasteiger partial charge is 0.236 e. The summed E-state index contributed by atoms with van der Waals surface area (Å²) in [6.45, 7) is 6.51. The number of para-hydroxylation sites is 1. The fourth-order valence-corrected chi connectivity index (χ4v) is 4.22. The molecule has 0 fully saturated rings. The molecule has 1 heterocycles. The predicted molar refractivity (Wildman–Crippen MR) is 105 cm³/mol. The quantitative estimate of drug-likeness (QED) is 0.406. The molecular formula is C22H19NS. The fourth-order valence-electron chi connectivity index (χ4n) is 3.18. The molecule has 0 atom stereocenters. The summed E-state index contributed by atoms with van der Waals surface area (Å²) in [6.07, 6.45) is 0. The van der Waals surface area contributed by atoms with E-state index < -0.39 is 0 Å². The summed E-state index contributed by atoms with van der Waals surface area (Å²) >= 11 is 1.77. The van der Waals surface area contributed by atoms with Gasteiger partial charge in [0, 0.05) is 5.56 Å². The molecule has 4 rings (SSSR count). The summed E-state index contributed by atoms with van der Waals surface area (Å²) < 4.78 is 1.24. The van der Waals surface area contributed by atoms with Gasteiger partial charge in [0.15, 0.2) is 0 Å². The summed E-state index contributed by atoms with van der Waals surface area (Å²) in [5.74, 6) is 0. The van der Waals surface area contributed by atoms with Gasteiger partial charge < -0.3 is 0 Å². The molecule has 0 aliphatic heterocycles. The number of aryl methyl sites for hydroxylation is 2. The van der Waals surface area contributed by atoms with E-state index in [1.165, 1.54) is 38.1 Å². The summed E-state index contributed by atoms with van der Waals surface area (Å²) in [7, 11) is 0. The first kappa shape index (κ1) is 15.1. The van der Waals surface area contributed by atoms with Crippen LogP contribution in [0.15, 0.2) is 60.7 Å². The molecule has 4 aromatic rings. The van der Waals surface area contributed by atoms with Crippen molar-refractivity contribution in [1.29, 1.82) is 0 Å². The molecule has 0 aliphatic carbocycles. The van der Waals surface area contributed by atoms with Crippen LogP contribution in [0.5, 0.6) is 0 Å². The second-order valence-corrected chi connectivity index (χ2v) is 7.37. The lowest BCUT2D eigenvalue weighted by atomic mass is 9.93. The van der Waals surface area contributed by atoms with Crippen molar-refractivity contribution in [2.45, 2.75) is 20.8 Å². The van der Waals surface area contributed by atoms with Crippen molar-refractivity contribution in [3.63, 3.8) is 0 Å². The molecule has 1 aromatic heterocycles. The van der Waals surface area contributed by atoms with Gasteiger partial charge in [-0.3, -0.25) is 0 Å². The number of thiazole rings is 1. The Bertz CT molecular complexity index is 1010. The van der Waals surface area contributed by atoms with Crippen molar-refractivity contribution >= 4 is 21.6 Å². The topological polar surface area (TPSA) is 12.9 Å². The maximum Gasteiger partial charge on any atom is 0.124 e. The van der Waals surface area contributed by atoms with E-state index in [0.29, 0.717) is 0 Å². The zero-order valence-electron chi connectivity index (χ0n) is 14.1. The Morgan fingerprint density at radius 3 is 2.33 bits per heavy atom. The average Bonchev–Trinajstić information content (AvgIpc) is 3.00. The maximum absolute atomic E-state index is 4.86. The Hall–Kier alpha value is -2.45. The van der Waals surface area contributed by atoms with E-state index in [1.54, 1.807) is 11.3 Å². The Labute approximate surface area is 146 Å². The van der Waals surface area contributed by atoms with Crippen LogP contribution in [-0.2, 0) is 0 Å². The van der Waals surface area contributed by atoms with Gasteiger partial charge in [-0.1, -0.05) is 48.0 Å². The number of rotatable bonds is 2. The Balaban J connectivity index is 1.93. The smallest absolute Gasteiger partial charge is 0.124 e. The first-order valence-electron chi connectivity index (χ1n) is 8.16. The fraction of sp³-hybridized carbons (Fsp3) is 0.136. The van der Waals surface area contributed by atoms with Crippen molar-refractivity contribution in [2.24, 2.45) is 0 Å². The van der Waals surface area contributed by atoms with Crippen LogP contribution in [0, 0.1) is 20.8 Å². The number of hydrogen-bond donors (Lipinski definition) is 0. The minimum Gasteiger partial charge on any atom is -0.236 e. The zero-order valence-corrected chi connectivity index (χ0v) is 14.9. The average molecular weight is 329 g/mol. The van der Waals surface area contributed by atoms with Crippen LogP contribution in [0.2, 0.25) is 0 Å². The lowest BCUT2D eigenvalue weighted by Crippen LogP contribution is -1.91. The highest BCUT2D eigenvalue weighted by molar-refractivity contribution is 7.21. The van der Waals surface area contributed by atoms with Crippen molar-refractivity contribution in [3.05, 3.63) is 77.4 Å². The van der Waals surface area contributed by atoms with Gasteiger partial charge in [-0.15, -0.1) is 11.3 Å². The monoisotopic (exact) mass is 329 g/mol. The first-order valence-corrected chi connectivity index (χ1v) is 8.98. The SMILES string of the molecule is Cc1cccc(-c2cc(C)cc(-c3nc4ccccc4s3)c2C)c1. The lowest BCUT2D eigenvalue weighted by Gasteiger charge is -2.12. The van der Waals surface area contributed by atoms with E-state index in [0.717, 1.165) is 10.5 Å². The van der Waals surface area contributed by atoms with Crippen LogP contribution in [0.3, 0.4) is 0 Å². The number of benzene rings is 3. The molecular weight excluding hydrogens is 310 g/mol. The molecule has 24 heavy (non-hydrogen) atoms. The highest BCUT2D eigenvalue weighted by atomic mass is 32.1. The van der Waals surface area contributed by atoms with Crippen LogP contribution < -0.4 is 0 Å². The molecule has 0 saturated heterocycles. The highest BCUT2D eigenvalue weighted by Crippen LogP contribution is 2.37. The molecule has 118 valence electrons. The molecule has 3 aromatic carbocycles. The molecule has 0 N–H and O–H groups in total. The molecule has 0 aliphatic rings. The second-order valence-electron chi connectivity index (χ2n) is 6.34. The molecule has 1 nitrogen and oxygen atoms in total. The van der Waals surface area contributed by atoms with Crippen LogP contribution >= 0.6 is 11.3 Å². The summed E-state index contributed by atoms with van der Waals surface area (Å²) in [4.78, 5) is 4.86. The van der Waals surface area contributed by atoms with Crippen LogP contribution in [0.4, 0.5) is 0 Å². The summed E-state index contributed by atoms with van der Waals surface area (Å²) in [5.41, 5.74) is 8.75. The van der Waals surface area contributed by atoms with Gasteiger partial charge in [-0.2, -0.15) is 0 Å². The normalized spacial score (nSPS) is 11.1. The van der Waals surface area contributed by atoms with E-state index >= 15 is 0 Å². The third-order valence-electron chi connectivity index (χ3n) is 4.41. The van der Waals surface area contributed by atoms with Crippen molar-refractivity contribution < 1.29 is 0 Å². The minimum atomic E-state index is 1.08. The van der Waals surface area contributed by atoms with Crippen LogP contribution in [-0.4, -0.2) is 4.98 Å². The summed E-state index contributed by atoms with van der Waals surface area (Å²) in [6, 6.07) is 21.6. The van der Waals surface area contributed by atoms with Gasteiger partial charge in [0.2, 0.25) is 0 Å². The molecule has 0 amide bonds. The Morgan fingerprint density at radius 1 is 0.750 bits per heavy atom. The number of aromatic nitrogens is 1. The number of fused-ring (bicyclic) bond motifs is 1. The third kappa shape index (κ3) is 2.63. The molecule has 0 saturated carbocycles. The first-order chi connectivity index (χ1) is 11.6. The van der Waals surface area contributed by atoms with Crippen molar-refractivity contribution in [3.8, 4) is 21.7 Å². The number of nitrogens with zero attached hydrogens (tertiary/aromatic N) is 1. The van der Waals surface area contributed by atoms with E-state index in [1.807, 2.05) is 6.07 Å². The molecule has 0 unspecified atom stereocenters. The van der Waals surface area contributed by atoms with Crippen molar-refractivity contribution in [2.75, 3.05) is 0 Å². The van der Waals surface area contributed by atoms with E-state index in [2.05, 4.69) is 75.4 Å². The molecule has 0 radical (unpaired) electrons. The molecule has 0 spiro atoms. The molecule has 2 heteroatoms.